The van der Waals surface area contributed by atoms with Crippen LogP contribution in [0.25, 0.3) is 10.8 Å². The number of ether oxygens (including phenoxy) is 1. The lowest BCUT2D eigenvalue weighted by Crippen LogP contribution is -2.55. The number of aryl methyl sites for hydroxylation is 1. The van der Waals surface area contributed by atoms with Crippen molar-refractivity contribution in [2.45, 2.75) is 62.8 Å². The summed E-state index contributed by atoms with van der Waals surface area (Å²) >= 11 is 0. The molecule has 3 saturated heterocycles. The Labute approximate surface area is 360 Å². The third-order valence-electron chi connectivity index (χ3n) is 13.9. The number of piperazine rings is 1. The molecule has 1 aromatic heterocycles. The molecule has 0 amide bonds. The number of fused-ring (bicyclic) bond motifs is 2. The zero-order valence-electron chi connectivity index (χ0n) is 35.5. The molecule has 5 aromatic carbocycles. The summed E-state index contributed by atoms with van der Waals surface area (Å²) < 4.78 is 6.52. The quantitative estimate of drug-likeness (QED) is 0.0903. The highest BCUT2D eigenvalue weighted by molar-refractivity contribution is 5.97. The van der Waals surface area contributed by atoms with E-state index in [1.165, 1.54) is 50.7 Å². The molecule has 4 aliphatic rings. The van der Waals surface area contributed by atoms with E-state index < -0.39 is 5.54 Å². The average molecular weight is 809 g/mol. The molecule has 310 valence electrons. The smallest absolute Gasteiger partial charge is 0.318 e. The largest absolute Gasteiger partial charge is 0.462 e. The molecule has 4 atom stereocenters. The van der Waals surface area contributed by atoms with Crippen LogP contribution in [0.2, 0.25) is 0 Å². The molecule has 3 fully saturated rings. The van der Waals surface area contributed by atoms with Gasteiger partial charge in [-0.2, -0.15) is 15.2 Å². The van der Waals surface area contributed by atoms with Gasteiger partial charge in [0.1, 0.15) is 12.4 Å². The van der Waals surface area contributed by atoms with Crippen molar-refractivity contribution in [1.82, 2.24) is 24.7 Å². The van der Waals surface area contributed by atoms with Crippen LogP contribution in [0.4, 0.5) is 11.5 Å². The Morgan fingerprint density at radius 1 is 0.721 bits per heavy atom. The third kappa shape index (κ3) is 7.52. The Kier molecular flexibility index (Phi) is 10.9. The fourth-order valence-electron chi connectivity index (χ4n) is 10.7. The monoisotopic (exact) mass is 808 g/mol. The molecule has 5 heterocycles. The van der Waals surface area contributed by atoms with E-state index in [1.54, 1.807) is 0 Å². The van der Waals surface area contributed by atoms with E-state index in [9.17, 15) is 5.26 Å². The number of aromatic nitrogens is 2. The van der Waals surface area contributed by atoms with Gasteiger partial charge in [0.2, 0.25) is 0 Å². The lowest BCUT2D eigenvalue weighted by Gasteiger charge is -2.43. The predicted octanol–water partition coefficient (Wildman–Crippen LogP) is 8.05. The first-order valence-corrected chi connectivity index (χ1v) is 22.3. The predicted molar refractivity (Wildman–Crippen MR) is 244 cm³/mol. The maximum absolute atomic E-state index is 10.3. The number of hydrogen-bond acceptors (Lipinski definition) is 9. The number of anilines is 2. The van der Waals surface area contributed by atoms with Crippen LogP contribution in [0.3, 0.4) is 0 Å². The average Bonchev–Trinajstić information content (AvgIpc) is 3.95. The highest BCUT2D eigenvalue weighted by atomic mass is 16.5. The first kappa shape index (κ1) is 39.4. The second kappa shape index (κ2) is 16.9. The van der Waals surface area contributed by atoms with Gasteiger partial charge >= 0.3 is 6.01 Å². The number of hydrogen-bond donors (Lipinski definition) is 0. The zero-order valence-corrected chi connectivity index (χ0v) is 35.5. The van der Waals surface area contributed by atoms with Gasteiger partial charge in [-0.15, -0.1) is 0 Å². The molecular formula is C52H56N8O. The van der Waals surface area contributed by atoms with Crippen molar-refractivity contribution in [2.75, 3.05) is 69.3 Å². The summed E-state index contributed by atoms with van der Waals surface area (Å²) in [6, 6.07) is 50.0. The van der Waals surface area contributed by atoms with Gasteiger partial charge < -0.3 is 19.4 Å². The molecule has 10 rings (SSSR count). The van der Waals surface area contributed by atoms with E-state index in [1.807, 2.05) is 0 Å². The number of nitriles is 1. The fraction of sp³-hybridized carbons (Fsp3) is 0.365. The number of rotatable bonds is 12. The van der Waals surface area contributed by atoms with Crippen LogP contribution in [0.5, 0.6) is 6.01 Å². The van der Waals surface area contributed by atoms with Gasteiger partial charge in [-0.05, 0) is 73.5 Å². The molecule has 61 heavy (non-hydrogen) atoms. The summed E-state index contributed by atoms with van der Waals surface area (Å²) in [5.41, 5.74) is 8.19. The van der Waals surface area contributed by atoms with Crippen molar-refractivity contribution < 1.29 is 4.74 Å². The standard InChI is InChI=1S/C52H56N8O/c1-38-15-12-16-39-17-13-25-48(49(38)39)58-30-27-46-47(36-58)54-51(61-37-44-24-14-29-56(44)2)55-50(46)59-32-31-57(43(33-59)26-28-53)34-45-35-60(45)52(40-18-6-3-7-19-40,41-20-8-4-9-21-41)42-22-10-5-11-23-42/h3-13,15-23,25,43-45H,14,24,26-27,29-37H2,1-2H3/t43-,44-,45+,60?/m0/s1. The number of likely N-dealkylation sites (tertiary alicyclic amines) is 1. The maximum Gasteiger partial charge on any atom is 0.318 e. The normalized spacial score (nSPS) is 21.9. The molecule has 0 bridgehead atoms. The van der Waals surface area contributed by atoms with Crippen LogP contribution in [-0.2, 0) is 18.5 Å². The van der Waals surface area contributed by atoms with Crippen molar-refractivity contribution in [3.63, 3.8) is 0 Å². The van der Waals surface area contributed by atoms with Crippen LogP contribution in [-0.4, -0.2) is 102 Å². The fourth-order valence-corrected chi connectivity index (χ4v) is 10.7. The van der Waals surface area contributed by atoms with Gasteiger partial charge in [-0.25, -0.2) is 0 Å². The summed E-state index contributed by atoms with van der Waals surface area (Å²) in [6.45, 7) is 9.77. The van der Waals surface area contributed by atoms with Gasteiger partial charge in [0.25, 0.3) is 0 Å². The molecule has 0 N–H and O–H groups in total. The summed E-state index contributed by atoms with van der Waals surface area (Å²) in [6.07, 6.45) is 3.62. The summed E-state index contributed by atoms with van der Waals surface area (Å²) in [5, 5.41) is 12.8. The van der Waals surface area contributed by atoms with Gasteiger partial charge in [0.15, 0.2) is 0 Å². The Morgan fingerprint density at radius 3 is 2.07 bits per heavy atom. The van der Waals surface area contributed by atoms with Gasteiger partial charge in [0, 0.05) is 74.0 Å². The highest BCUT2D eigenvalue weighted by Gasteiger charge is 2.53. The van der Waals surface area contributed by atoms with Crippen LogP contribution >= 0.6 is 0 Å². The molecule has 1 unspecified atom stereocenters. The second-order valence-corrected chi connectivity index (χ2v) is 17.5. The molecule has 0 radical (unpaired) electrons. The SMILES string of the molecule is Cc1cccc2cccc(N3CCc4c(nc(OC[C@@H]5CCCN5C)nc4N4CCN(C[C@@H]5CN5C(c5ccccc5)(c5ccccc5)c5ccccc5)[C@@H](CC#N)C4)C3)c12. The lowest BCUT2D eigenvalue weighted by molar-refractivity contribution is 0.164. The number of likely N-dealkylation sites (N-methyl/N-ethyl adjacent to an activating group) is 1. The van der Waals surface area contributed by atoms with Crippen molar-refractivity contribution in [3.05, 3.63) is 161 Å². The Bertz CT molecular complexity index is 2410. The van der Waals surface area contributed by atoms with Crippen molar-refractivity contribution in [3.8, 4) is 12.1 Å². The Hall–Kier alpha value is -5.79. The Balaban J connectivity index is 0.934. The molecule has 4 aliphatic heterocycles. The zero-order chi connectivity index (χ0) is 41.3. The van der Waals surface area contributed by atoms with Crippen LogP contribution < -0.4 is 14.5 Å². The van der Waals surface area contributed by atoms with Crippen LogP contribution in [0.1, 0.15) is 52.8 Å². The molecular weight excluding hydrogens is 753 g/mol. The first-order chi connectivity index (χ1) is 30.0. The van der Waals surface area contributed by atoms with E-state index in [4.69, 9.17) is 14.7 Å². The van der Waals surface area contributed by atoms with Crippen LogP contribution in [0.15, 0.2) is 127 Å². The van der Waals surface area contributed by atoms with Crippen molar-refractivity contribution in [1.29, 1.82) is 5.26 Å². The van der Waals surface area contributed by atoms with Crippen LogP contribution in [0, 0.1) is 18.3 Å². The van der Waals surface area contributed by atoms with Crippen molar-refractivity contribution in [2.24, 2.45) is 0 Å². The maximum atomic E-state index is 10.3. The minimum Gasteiger partial charge on any atom is -0.462 e. The third-order valence-corrected chi connectivity index (χ3v) is 13.9. The van der Waals surface area contributed by atoms with E-state index in [2.05, 4.69) is 172 Å². The second-order valence-electron chi connectivity index (χ2n) is 17.5. The van der Waals surface area contributed by atoms with E-state index in [0.717, 1.165) is 70.2 Å². The van der Waals surface area contributed by atoms with E-state index in [0.29, 0.717) is 37.7 Å². The molecule has 0 spiro atoms. The summed E-state index contributed by atoms with van der Waals surface area (Å²) in [7, 11) is 2.19. The van der Waals surface area contributed by atoms with E-state index >= 15 is 0 Å². The highest BCUT2D eigenvalue weighted by Crippen LogP contribution is 2.48. The Morgan fingerprint density at radius 2 is 1.41 bits per heavy atom. The summed E-state index contributed by atoms with van der Waals surface area (Å²) in [5.74, 6) is 0.986. The number of benzene rings is 5. The topological polar surface area (TPSA) is 74.8 Å². The van der Waals surface area contributed by atoms with Crippen molar-refractivity contribution >= 4 is 22.3 Å². The van der Waals surface area contributed by atoms with Gasteiger partial charge in [-0.1, -0.05) is 121 Å². The van der Waals surface area contributed by atoms with Gasteiger partial charge in [-0.3, -0.25) is 9.80 Å². The molecule has 6 aromatic rings. The number of nitrogens with zero attached hydrogens (tertiary/aromatic N) is 8. The molecule has 9 nitrogen and oxygen atoms in total. The molecule has 9 heteroatoms. The van der Waals surface area contributed by atoms with Gasteiger partial charge in [0.05, 0.1) is 30.3 Å². The minimum absolute atomic E-state index is 0.0710. The lowest BCUT2D eigenvalue weighted by atomic mass is 9.76. The molecule has 0 saturated carbocycles. The summed E-state index contributed by atoms with van der Waals surface area (Å²) in [4.78, 5) is 23.0. The molecule has 0 aliphatic carbocycles. The minimum atomic E-state index is -0.427. The van der Waals surface area contributed by atoms with E-state index in [-0.39, 0.29) is 6.04 Å². The first-order valence-electron chi connectivity index (χ1n) is 22.3.